The molecule has 0 radical (unpaired) electrons. The van der Waals surface area contributed by atoms with Crippen molar-refractivity contribution in [3.8, 4) is 0 Å². The molecule has 0 saturated carbocycles. The quantitative estimate of drug-likeness (QED) is 0.208. The number of rotatable bonds is 7. The molecule has 0 aliphatic heterocycles. The van der Waals surface area contributed by atoms with Gasteiger partial charge in [-0.15, -0.1) is 0 Å². The van der Waals surface area contributed by atoms with Crippen LogP contribution in [0, 0.1) is 10.1 Å². The number of thioether (sulfide) groups is 1. The molecule has 0 amide bonds. The Morgan fingerprint density at radius 3 is 2.59 bits per heavy atom. The Hall–Kier alpha value is 0.269. The molecule has 22 heavy (non-hydrogen) atoms. The molecule has 0 unspecified atom stereocenters. The zero-order chi connectivity index (χ0) is 16.2. The fraction of sp³-hybridized carbons (Fsp3) is 0.308. The van der Waals surface area contributed by atoms with Crippen molar-refractivity contribution in [1.29, 1.82) is 0 Å². The van der Waals surface area contributed by atoms with Crippen molar-refractivity contribution in [3.63, 3.8) is 0 Å². The van der Waals surface area contributed by atoms with Crippen molar-refractivity contribution in [2.24, 2.45) is 0 Å². The number of benzene rings is 1. The van der Waals surface area contributed by atoms with E-state index in [1.54, 1.807) is 58.7 Å². The van der Waals surface area contributed by atoms with E-state index in [9.17, 15) is 8.42 Å². The average Bonchev–Trinajstić information content (AvgIpc) is 2.84. The Balaban J connectivity index is 1.90. The van der Waals surface area contributed by atoms with E-state index < -0.39 is 10.1 Å². The first-order valence-electron chi connectivity index (χ1n) is 6.19. The maximum absolute atomic E-state index is 12.0. The molecule has 120 valence electrons. The monoisotopic (exact) mass is 458 g/mol. The summed E-state index contributed by atoms with van der Waals surface area (Å²) in [7, 11) is -3.67. The first-order chi connectivity index (χ1) is 10.4. The molecule has 9 heteroatoms. The van der Waals surface area contributed by atoms with Crippen LogP contribution >= 0.6 is 46.7 Å². The SMILES string of the molecule is C[Se]c1sc(=S)sc1SCCOS(=O)(=O)c1ccc(C)cc1. The molecule has 2 rings (SSSR count). The van der Waals surface area contributed by atoms with Gasteiger partial charge in [0.25, 0.3) is 0 Å². The van der Waals surface area contributed by atoms with Crippen molar-refractivity contribution in [2.75, 3.05) is 12.4 Å². The van der Waals surface area contributed by atoms with Gasteiger partial charge >= 0.3 is 155 Å². The minimum absolute atomic E-state index is 0.159. The normalized spacial score (nSPS) is 11.7. The molecule has 0 aliphatic rings. The molecule has 0 saturated heterocycles. The first kappa shape index (κ1) is 18.6. The summed E-state index contributed by atoms with van der Waals surface area (Å²) in [6.45, 7) is 2.07. The van der Waals surface area contributed by atoms with Gasteiger partial charge in [-0.1, -0.05) is 0 Å². The van der Waals surface area contributed by atoms with Gasteiger partial charge in [0.2, 0.25) is 0 Å². The van der Waals surface area contributed by atoms with E-state index in [1.807, 2.05) is 6.92 Å². The van der Waals surface area contributed by atoms with Gasteiger partial charge in [-0.3, -0.25) is 0 Å². The average molecular weight is 458 g/mol. The van der Waals surface area contributed by atoms with Crippen LogP contribution in [0.15, 0.2) is 33.4 Å². The Labute approximate surface area is 154 Å². The topological polar surface area (TPSA) is 43.4 Å². The standard InChI is InChI=1S/C13H14O3S5Se/c1-9-3-5-10(6-4-9)21(14,15)16-7-8-18-11-12(22-2)20-13(17)19-11/h3-6H,7-8H2,1-2H3. The van der Waals surface area contributed by atoms with E-state index in [2.05, 4.69) is 5.82 Å². The van der Waals surface area contributed by atoms with Crippen molar-refractivity contribution in [2.45, 2.75) is 21.9 Å². The van der Waals surface area contributed by atoms with E-state index in [4.69, 9.17) is 16.4 Å². The van der Waals surface area contributed by atoms with Crippen LogP contribution in [0.5, 0.6) is 0 Å². The van der Waals surface area contributed by atoms with Crippen LogP contribution in [0.4, 0.5) is 0 Å². The second-order valence-corrected chi connectivity index (χ2v) is 12.7. The molecule has 1 aromatic heterocycles. The van der Waals surface area contributed by atoms with Gasteiger partial charge in [-0.25, -0.2) is 0 Å². The molecule has 1 aromatic carbocycles. The van der Waals surface area contributed by atoms with Crippen molar-refractivity contribution in [3.05, 3.63) is 33.0 Å². The van der Waals surface area contributed by atoms with Gasteiger partial charge in [0, 0.05) is 0 Å². The molecule has 2 aromatic rings. The van der Waals surface area contributed by atoms with Crippen LogP contribution in [0.1, 0.15) is 5.56 Å². The zero-order valence-corrected chi connectivity index (χ0v) is 17.7. The summed E-state index contributed by atoms with van der Waals surface area (Å²) in [6, 6.07) is 6.66. The molecule has 0 atom stereocenters. The fourth-order valence-corrected chi connectivity index (χ4v) is 9.94. The summed E-state index contributed by atoms with van der Waals surface area (Å²) >= 11 is 10.5. The second kappa shape index (κ2) is 8.39. The molecule has 0 aliphatic carbocycles. The van der Waals surface area contributed by atoms with Gasteiger partial charge in [0.15, 0.2) is 0 Å². The third-order valence-electron chi connectivity index (χ3n) is 2.57. The summed E-state index contributed by atoms with van der Waals surface area (Å²) < 4.78 is 32.6. The Morgan fingerprint density at radius 2 is 1.95 bits per heavy atom. The molecule has 0 fully saturated rings. The molecule has 3 nitrogen and oxygen atoms in total. The summed E-state index contributed by atoms with van der Waals surface area (Å²) in [5.74, 6) is 2.75. The van der Waals surface area contributed by atoms with Gasteiger partial charge in [-0.05, 0) is 0 Å². The maximum atomic E-state index is 12.0. The van der Waals surface area contributed by atoms with Crippen molar-refractivity contribution < 1.29 is 12.6 Å². The third-order valence-corrected chi connectivity index (χ3v) is 10.9. The van der Waals surface area contributed by atoms with Crippen molar-refractivity contribution >= 4 is 75.5 Å². The summed E-state index contributed by atoms with van der Waals surface area (Å²) in [5.41, 5.74) is 1.02. The van der Waals surface area contributed by atoms with Gasteiger partial charge in [0.1, 0.15) is 0 Å². The van der Waals surface area contributed by atoms with Gasteiger partial charge in [-0.2, -0.15) is 0 Å². The number of hydrogen-bond acceptors (Lipinski definition) is 7. The molecule has 0 bridgehead atoms. The summed E-state index contributed by atoms with van der Waals surface area (Å²) in [4.78, 5) is 0.201. The predicted octanol–water partition coefficient (Wildman–Crippen LogP) is 3.72. The molecule has 0 spiro atoms. The number of aryl methyl sites for hydroxylation is 1. The molecule has 0 N–H and O–H groups in total. The van der Waals surface area contributed by atoms with E-state index in [0.717, 1.165) is 8.70 Å². The zero-order valence-electron chi connectivity index (χ0n) is 11.9. The Bertz CT molecular complexity index is 777. The van der Waals surface area contributed by atoms with E-state index in [0.29, 0.717) is 20.7 Å². The molecular formula is C13H14O3S5Se. The van der Waals surface area contributed by atoms with Gasteiger partial charge < -0.3 is 0 Å². The summed E-state index contributed by atoms with van der Waals surface area (Å²) in [6.07, 6.45) is 0. The van der Waals surface area contributed by atoms with Crippen LogP contribution in [-0.4, -0.2) is 35.7 Å². The van der Waals surface area contributed by atoms with Crippen LogP contribution in [0.2, 0.25) is 5.82 Å². The fourth-order valence-electron chi connectivity index (χ4n) is 1.52. The predicted molar refractivity (Wildman–Crippen MR) is 99.3 cm³/mol. The molecular weight excluding hydrogens is 443 g/mol. The van der Waals surface area contributed by atoms with E-state index in [1.165, 1.54) is 7.98 Å². The van der Waals surface area contributed by atoms with E-state index in [-0.39, 0.29) is 11.5 Å². The Kier molecular flexibility index (Phi) is 7.10. The van der Waals surface area contributed by atoms with Crippen LogP contribution in [0.3, 0.4) is 0 Å². The van der Waals surface area contributed by atoms with Crippen molar-refractivity contribution in [1.82, 2.24) is 0 Å². The summed E-state index contributed by atoms with van der Waals surface area (Å²) in [5, 5.41) is 0. The van der Waals surface area contributed by atoms with Crippen LogP contribution in [0.25, 0.3) is 0 Å². The van der Waals surface area contributed by atoms with E-state index >= 15 is 0 Å². The van der Waals surface area contributed by atoms with Crippen LogP contribution in [-0.2, 0) is 14.3 Å². The van der Waals surface area contributed by atoms with Crippen LogP contribution < -0.4 is 3.78 Å². The minimum atomic E-state index is -3.67. The Morgan fingerprint density at radius 1 is 1.27 bits per heavy atom. The first-order valence-corrected chi connectivity index (χ1v) is 13.2. The third kappa shape index (κ3) is 5.14. The van der Waals surface area contributed by atoms with Gasteiger partial charge in [0.05, 0.1) is 0 Å². The second-order valence-electron chi connectivity index (χ2n) is 4.17. The number of hydrogen-bond donors (Lipinski definition) is 0. The molecule has 1 heterocycles.